The number of amides is 2. The van der Waals surface area contributed by atoms with Crippen molar-refractivity contribution in [2.45, 2.75) is 13.5 Å². The molecule has 3 aromatic rings. The highest BCUT2D eigenvalue weighted by molar-refractivity contribution is 9.10. The lowest BCUT2D eigenvalue weighted by atomic mass is 9.94. The van der Waals surface area contributed by atoms with Crippen LogP contribution in [-0.4, -0.2) is 30.9 Å². The summed E-state index contributed by atoms with van der Waals surface area (Å²) in [4.78, 5) is 39.9. The van der Waals surface area contributed by atoms with Crippen LogP contribution in [0.1, 0.15) is 32.0 Å². The molecule has 33 heavy (non-hydrogen) atoms. The lowest BCUT2D eigenvalue weighted by molar-refractivity contribution is 0.0952. The Kier molecular flexibility index (Phi) is 7.27. The molecule has 0 atom stereocenters. The smallest absolute Gasteiger partial charge is 0.266 e. The van der Waals surface area contributed by atoms with Crippen LogP contribution in [-0.2, 0) is 6.61 Å². The monoisotopic (exact) mass is 519 g/mol. The predicted molar refractivity (Wildman–Crippen MR) is 122 cm³/mol. The molecule has 0 bridgehead atoms. The Bertz CT molecular complexity index is 1310. The highest BCUT2D eigenvalue weighted by Gasteiger charge is 2.23. The van der Waals surface area contributed by atoms with Crippen LogP contribution < -0.4 is 20.9 Å². The first kappa shape index (κ1) is 24.1. The summed E-state index contributed by atoms with van der Waals surface area (Å²) in [6.07, 6.45) is 0. The summed E-state index contributed by atoms with van der Waals surface area (Å²) in [6.45, 7) is 1.29. The van der Waals surface area contributed by atoms with E-state index >= 15 is 0 Å². The molecule has 0 radical (unpaired) electrons. The summed E-state index contributed by atoms with van der Waals surface area (Å²) in [5.41, 5.74) is 1.07. The van der Waals surface area contributed by atoms with Gasteiger partial charge in [-0.1, -0.05) is 0 Å². The van der Waals surface area contributed by atoms with E-state index in [1.807, 2.05) is 0 Å². The molecule has 0 aliphatic carbocycles. The van der Waals surface area contributed by atoms with Crippen molar-refractivity contribution in [3.05, 3.63) is 85.2 Å². The van der Waals surface area contributed by atoms with E-state index in [4.69, 9.17) is 4.74 Å². The average Bonchev–Trinajstić information content (AvgIpc) is 2.80. The number of aryl methyl sites for hydroxylation is 1. The Labute approximate surface area is 196 Å². The first-order valence-electron chi connectivity index (χ1n) is 9.75. The summed E-state index contributed by atoms with van der Waals surface area (Å²) in [5.74, 6) is -2.30. The lowest BCUT2D eigenvalue weighted by Gasteiger charge is -2.18. The van der Waals surface area contributed by atoms with Crippen molar-refractivity contribution < 1.29 is 23.1 Å². The first-order chi connectivity index (χ1) is 15.7. The van der Waals surface area contributed by atoms with Gasteiger partial charge in [-0.2, -0.15) is 0 Å². The van der Waals surface area contributed by atoms with E-state index in [1.54, 1.807) is 6.92 Å². The number of aromatic nitrogens is 1. The maximum absolute atomic E-state index is 14.1. The van der Waals surface area contributed by atoms with Gasteiger partial charge in [-0.25, -0.2) is 8.78 Å². The van der Waals surface area contributed by atoms with Gasteiger partial charge in [-0.3, -0.25) is 14.4 Å². The first-order valence-corrected chi connectivity index (χ1v) is 10.5. The fraction of sp³-hybridized carbons (Fsp3) is 0.174. The number of halogens is 3. The van der Waals surface area contributed by atoms with Crippen molar-refractivity contribution in [2.75, 3.05) is 14.1 Å². The Morgan fingerprint density at radius 1 is 1.06 bits per heavy atom. The number of carbonyl (C=O) groups is 2. The molecule has 10 heteroatoms. The molecule has 0 unspecified atom stereocenters. The highest BCUT2D eigenvalue weighted by Crippen LogP contribution is 2.39. The van der Waals surface area contributed by atoms with E-state index in [2.05, 4.69) is 31.5 Å². The fourth-order valence-electron chi connectivity index (χ4n) is 3.29. The molecular weight excluding hydrogens is 500 g/mol. The minimum absolute atomic E-state index is 0.0128. The molecule has 7 nitrogen and oxygen atoms in total. The van der Waals surface area contributed by atoms with Crippen LogP contribution >= 0.6 is 15.9 Å². The third-order valence-electron chi connectivity index (χ3n) is 4.94. The van der Waals surface area contributed by atoms with Gasteiger partial charge in [-0.05, 0) is 53.2 Å². The molecule has 2 aromatic carbocycles. The number of carbonyl (C=O) groups excluding carboxylic acids is 2. The summed E-state index contributed by atoms with van der Waals surface area (Å²) in [7, 11) is 2.94. The van der Waals surface area contributed by atoms with Crippen molar-refractivity contribution in [1.29, 1.82) is 0 Å². The van der Waals surface area contributed by atoms with Crippen LogP contribution in [0, 0.1) is 18.6 Å². The van der Waals surface area contributed by atoms with Gasteiger partial charge in [0.2, 0.25) is 0 Å². The van der Waals surface area contributed by atoms with Crippen molar-refractivity contribution in [3.63, 3.8) is 0 Å². The lowest BCUT2D eigenvalue weighted by Crippen LogP contribution is -2.22. The van der Waals surface area contributed by atoms with Gasteiger partial charge in [0.25, 0.3) is 17.4 Å². The fourth-order valence-corrected chi connectivity index (χ4v) is 3.70. The van der Waals surface area contributed by atoms with Gasteiger partial charge in [-0.15, -0.1) is 0 Å². The number of pyridine rings is 1. The van der Waals surface area contributed by atoms with Crippen LogP contribution in [0.3, 0.4) is 0 Å². The van der Waals surface area contributed by atoms with E-state index < -0.39 is 23.1 Å². The molecule has 2 amide bonds. The number of hydrogen-bond acceptors (Lipinski definition) is 4. The van der Waals surface area contributed by atoms with E-state index in [0.717, 1.165) is 12.1 Å². The SMILES string of the molecule is CNC(=O)c1ccc(C(=O)NC)c(-c2c(C)[nH]c(=O)c(Br)c2OCc2ccc(F)cc2F)c1. The third-order valence-corrected chi connectivity index (χ3v) is 5.66. The largest absolute Gasteiger partial charge is 0.487 e. The standard InChI is InChI=1S/C23H20BrF2N3O4/c1-11-18(16-8-12(21(30)27-2)5-7-15(16)22(31)28-3)20(19(24)23(32)29-11)33-10-13-4-6-14(25)9-17(13)26/h4-9H,10H2,1-3H3,(H,27,30)(H,28,31)(H,29,32). The number of nitrogens with one attached hydrogen (secondary N) is 3. The topological polar surface area (TPSA) is 100 Å². The van der Waals surface area contributed by atoms with Crippen molar-refractivity contribution in [2.24, 2.45) is 0 Å². The minimum atomic E-state index is -0.804. The molecule has 0 saturated carbocycles. The van der Waals surface area contributed by atoms with E-state index in [0.29, 0.717) is 16.8 Å². The second-order valence-electron chi connectivity index (χ2n) is 7.04. The van der Waals surface area contributed by atoms with E-state index in [-0.39, 0.29) is 39.4 Å². The zero-order valence-corrected chi connectivity index (χ0v) is 19.5. The number of hydrogen-bond donors (Lipinski definition) is 3. The van der Waals surface area contributed by atoms with E-state index in [9.17, 15) is 23.2 Å². The normalized spacial score (nSPS) is 10.6. The van der Waals surface area contributed by atoms with Gasteiger partial charge in [0, 0.05) is 53.7 Å². The van der Waals surface area contributed by atoms with E-state index in [1.165, 1.54) is 38.4 Å². The maximum Gasteiger partial charge on any atom is 0.266 e. The number of aromatic amines is 1. The number of rotatable bonds is 6. The molecule has 0 fully saturated rings. The molecule has 0 spiro atoms. The summed E-state index contributed by atoms with van der Waals surface area (Å²) in [5, 5.41) is 5.06. The Balaban J connectivity index is 2.22. The second-order valence-corrected chi connectivity index (χ2v) is 7.83. The van der Waals surface area contributed by atoms with Crippen LogP contribution in [0.4, 0.5) is 8.78 Å². The number of benzene rings is 2. The molecule has 1 heterocycles. The molecule has 0 aliphatic heterocycles. The average molecular weight is 520 g/mol. The van der Waals surface area contributed by atoms with Crippen LogP contribution in [0.15, 0.2) is 45.7 Å². The van der Waals surface area contributed by atoms with Crippen LogP contribution in [0.2, 0.25) is 0 Å². The molecule has 3 N–H and O–H groups in total. The maximum atomic E-state index is 14.1. The van der Waals surface area contributed by atoms with Gasteiger partial charge in [0.15, 0.2) is 0 Å². The summed E-state index contributed by atoms with van der Waals surface area (Å²) in [6, 6.07) is 7.55. The Morgan fingerprint density at radius 2 is 1.76 bits per heavy atom. The minimum Gasteiger partial charge on any atom is -0.487 e. The Hall–Kier alpha value is -3.53. The molecule has 0 aliphatic rings. The van der Waals surface area contributed by atoms with Crippen molar-refractivity contribution in [1.82, 2.24) is 15.6 Å². The zero-order chi connectivity index (χ0) is 24.3. The zero-order valence-electron chi connectivity index (χ0n) is 17.9. The molecule has 0 saturated heterocycles. The van der Waals surface area contributed by atoms with Crippen LogP contribution in [0.5, 0.6) is 5.75 Å². The molecule has 1 aromatic heterocycles. The molecule has 172 valence electrons. The third kappa shape index (κ3) is 4.95. The summed E-state index contributed by atoms with van der Waals surface area (Å²) < 4.78 is 33.2. The van der Waals surface area contributed by atoms with Gasteiger partial charge in [0.1, 0.15) is 28.5 Å². The second kappa shape index (κ2) is 9.95. The quantitative estimate of drug-likeness (QED) is 0.462. The van der Waals surface area contributed by atoms with Crippen LogP contribution in [0.25, 0.3) is 11.1 Å². The van der Waals surface area contributed by atoms with Crippen molar-refractivity contribution >= 4 is 27.7 Å². The van der Waals surface area contributed by atoms with Gasteiger partial charge < -0.3 is 20.4 Å². The molecule has 3 rings (SSSR count). The molecular formula is C23H20BrF2N3O4. The number of H-pyrrole nitrogens is 1. The summed E-state index contributed by atoms with van der Waals surface area (Å²) >= 11 is 3.20. The van der Waals surface area contributed by atoms with Gasteiger partial charge in [0.05, 0.1) is 0 Å². The highest BCUT2D eigenvalue weighted by atomic mass is 79.9. The predicted octanol–water partition coefficient (Wildman–Crippen LogP) is 3.69. The van der Waals surface area contributed by atoms with Gasteiger partial charge >= 0.3 is 0 Å². The number of ether oxygens (including phenoxy) is 1. The Morgan fingerprint density at radius 3 is 2.39 bits per heavy atom. The van der Waals surface area contributed by atoms with Crippen molar-refractivity contribution in [3.8, 4) is 16.9 Å².